The standard InChI is InChI=1S/C18H27N3O/c1-14-6-5-10-20(12-14)13-15(2)19-18(22)21-11-9-16-7-3-4-8-17(16)21/h3-4,7-8,14-15H,5-6,9-13H2,1-2H3,(H,19,22). The van der Waals surface area contributed by atoms with Crippen molar-refractivity contribution in [2.45, 2.75) is 39.2 Å². The second-order valence-electron chi connectivity index (χ2n) is 6.89. The molecule has 22 heavy (non-hydrogen) atoms. The van der Waals surface area contributed by atoms with E-state index in [1.54, 1.807) is 0 Å². The zero-order valence-electron chi connectivity index (χ0n) is 13.7. The predicted molar refractivity (Wildman–Crippen MR) is 90.3 cm³/mol. The van der Waals surface area contributed by atoms with Gasteiger partial charge in [-0.25, -0.2) is 4.79 Å². The summed E-state index contributed by atoms with van der Waals surface area (Å²) in [7, 11) is 0. The van der Waals surface area contributed by atoms with Crippen molar-refractivity contribution in [3.05, 3.63) is 29.8 Å². The number of rotatable bonds is 3. The Labute approximate surface area is 133 Å². The van der Waals surface area contributed by atoms with Gasteiger partial charge in [0.25, 0.3) is 0 Å². The van der Waals surface area contributed by atoms with Crippen LogP contribution < -0.4 is 10.2 Å². The molecule has 1 aromatic rings. The normalized spacial score (nSPS) is 23.2. The second-order valence-corrected chi connectivity index (χ2v) is 6.89. The van der Waals surface area contributed by atoms with Crippen molar-refractivity contribution in [3.8, 4) is 0 Å². The van der Waals surface area contributed by atoms with Gasteiger partial charge in [0.1, 0.15) is 0 Å². The number of piperidine rings is 1. The van der Waals surface area contributed by atoms with Gasteiger partial charge in [-0.1, -0.05) is 25.1 Å². The topological polar surface area (TPSA) is 35.6 Å². The molecule has 1 saturated heterocycles. The minimum absolute atomic E-state index is 0.0440. The third-order valence-electron chi connectivity index (χ3n) is 4.78. The molecule has 0 saturated carbocycles. The fraction of sp³-hybridized carbons (Fsp3) is 0.611. The molecule has 3 rings (SSSR count). The van der Waals surface area contributed by atoms with E-state index in [1.807, 2.05) is 23.1 Å². The molecule has 1 fully saturated rings. The van der Waals surface area contributed by atoms with Crippen LogP contribution >= 0.6 is 0 Å². The summed E-state index contributed by atoms with van der Waals surface area (Å²) in [6.45, 7) is 8.49. The lowest BCUT2D eigenvalue weighted by Crippen LogP contribution is -2.49. The molecule has 2 atom stereocenters. The predicted octanol–water partition coefficient (Wildman–Crippen LogP) is 2.88. The Morgan fingerprint density at radius 1 is 1.36 bits per heavy atom. The molecule has 120 valence electrons. The van der Waals surface area contributed by atoms with Crippen molar-refractivity contribution in [2.24, 2.45) is 5.92 Å². The molecule has 0 spiro atoms. The number of urea groups is 1. The molecule has 2 aliphatic rings. The van der Waals surface area contributed by atoms with Gasteiger partial charge >= 0.3 is 6.03 Å². The van der Waals surface area contributed by atoms with Gasteiger partial charge in [-0.3, -0.25) is 4.90 Å². The van der Waals surface area contributed by atoms with Gasteiger partial charge in [0, 0.05) is 31.4 Å². The van der Waals surface area contributed by atoms with E-state index in [0.717, 1.165) is 44.2 Å². The molecule has 0 aromatic heterocycles. The SMILES string of the molecule is CC1CCCN(CC(C)NC(=O)N2CCc3ccccc32)C1. The number of likely N-dealkylation sites (tertiary alicyclic amines) is 1. The van der Waals surface area contributed by atoms with Crippen LogP contribution in [0.15, 0.2) is 24.3 Å². The van der Waals surface area contributed by atoms with Crippen LogP contribution in [-0.2, 0) is 6.42 Å². The minimum atomic E-state index is 0.0440. The summed E-state index contributed by atoms with van der Waals surface area (Å²) < 4.78 is 0. The fourth-order valence-corrected chi connectivity index (χ4v) is 3.72. The lowest BCUT2D eigenvalue weighted by molar-refractivity contribution is 0.170. The summed E-state index contributed by atoms with van der Waals surface area (Å²) in [6, 6.07) is 8.43. The van der Waals surface area contributed by atoms with Gasteiger partial charge in [0.2, 0.25) is 0 Å². The first-order chi connectivity index (χ1) is 10.6. The van der Waals surface area contributed by atoms with E-state index in [0.29, 0.717) is 0 Å². The van der Waals surface area contributed by atoms with Crippen molar-refractivity contribution < 1.29 is 4.79 Å². The van der Waals surface area contributed by atoms with Crippen LogP contribution in [0.2, 0.25) is 0 Å². The highest BCUT2D eigenvalue weighted by Gasteiger charge is 2.25. The third kappa shape index (κ3) is 3.43. The first-order valence-electron chi connectivity index (χ1n) is 8.52. The smallest absolute Gasteiger partial charge is 0.322 e. The van der Waals surface area contributed by atoms with E-state index in [-0.39, 0.29) is 12.1 Å². The maximum Gasteiger partial charge on any atom is 0.322 e. The van der Waals surface area contributed by atoms with Crippen LogP contribution in [0.3, 0.4) is 0 Å². The maximum absolute atomic E-state index is 12.5. The van der Waals surface area contributed by atoms with Gasteiger partial charge < -0.3 is 10.2 Å². The molecule has 1 aromatic carbocycles. The molecular weight excluding hydrogens is 274 g/mol. The van der Waals surface area contributed by atoms with Crippen molar-refractivity contribution in [1.82, 2.24) is 10.2 Å². The summed E-state index contributed by atoms with van der Waals surface area (Å²) in [5.41, 5.74) is 2.34. The molecule has 4 nitrogen and oxygen atoms in total. The van der Waals surface area contributed by atoms with E-state index < -0.39 is 0 Å². The van der Waals surface area contributed by atoms with Gasteiger partial charge in [-0.2, -0.15) is 0 Å². The Hall–Kier alpha value is -1.55. The highest BCUT2D eigenvalue weighted by molar-refractivity contribution is 5.94. The number of fused-ring (bicyclic) bond motifs is 1. The van der Waals surface area contributed by atoms with Crippen LogP contribution in [-0.4, -0.2) is 43.2 Å². The quantitative estimate of drug-likeness (QED) is 0.932. The maximum atomic E-state index is 12.5. The number of benzene rings is 1. The Bertz CT molecular complexity index is 531. The van der Waals surface area contributed by atoms with Crippen molar-refractivity contribution in [2.75, 3.05) is 31.1 Å². The van der Waals surface area contributed by atoms with Crippen LogP contribution in [0.5, 0.6) is 0 Å². The number of hydrogen-bond donors (Lipinski definition) is 1. The average Bonchev–Trinajstić information content (AvgIpc) is 2.91. The lowest BCUT2D eigenvalue weighted by Gasteiger charge is -2.33. The van der Waals surface area contributed by atoms with Crippen molar-refractivity contribution in [3.63, 3.8) is 0 Å². The first kappa shape index (κ1) is 15.3. The first-order valence-corrected chi connectivity index (χ1v) is 8.52. The number of anilines is 1. The zero-order chi connectivity index (χ0) is 15.5. The summed E-state index contributed by atoms with van der Waals surface area (Å²) >= 11 is 0. The Balaban J connectivity index is 1.53. The van der Waals surface area contributed by atoms with Crippen LogP contribution in [0, 0.1) is 5.92 Å². The summed E-state index contributed by atoms with van der Waals surface area (Å²) in [5, 5.41) is 3.17. The molecule has 0 radical (unpaired) electrons. The minimum Gasteiger partial charge on any atom is -0.334 e. The van der Waals surface area contributed by atoms with Crippen LogP contribution in [0.4, 0.5) is 10.5 Å². The second kappa shape index (κ2) is 6.69. The molecular formula is C18H27N3O. The molecule has 2 unspecified atom stereocenters. The monoisotopic (exact) mass is 301 g/mol. The average molecular weight is 301 g/mol. The third-order valence-corrected chi connectivity index (χ3v) is 4.78. The number of hydrogen-bond acceptors (Lipinski definition) is 2. The van der Waals surface area contributed by atoms with E-state index in [9.17, 15) is 4.79 Å². The Kier molecular flexibility index (Phi) is 4.67. The summed E-state index contributed by atoms with van der Waals surface area (Å²) in [4.78, 5) is 16.9. The van der Waals surface area contributed by atoms with E-state index in [1.165, 1.54) is 18.4 Å². The van der Waals surface area contributed by atoms with Crippen LogP contribution in [0.25, 0.3) is 0 Å². The van der Waals surface area contributed by atoms with E-state index in [4.69, 9.17) is 0 Å². The number of carbonyl (C=O) groups is 1. The molecule has 2 amide bonds. The van der Waals surface area contributed by atoms with Gasteiger partial charge in [-0.15, -0.1) is 0 Å². The molecule has 2 aliphatic heterocycles. The van der Waals surface area contributed by atoms with Gasteiger partial charge in [0.15, 0.2) is 0 Å². The molecule has 0 bridgehead atoms. The number of para-hydroxylation sites is 1. The number of carbonyl (C=O) groups excluding carboxylic acids is 1. The fourth-order valence-electron chi connectivity index (χ4n) is 3.72. The van der Waals surface area contributed by atoms with E-state index >= 15 is 0 Å². The van der Waals surface area contributed by atoms with Gasteiger partial charge in [0.05, 0.1) is 0 Å². The highest BCUT2D eigenvalue weighted by atomic mass is 16.2. The molecule has 0 aliphatic carbocycles. The molecule has 1 N–H and O–H groups in total. The number of amides is 2. The lowest BCUT2D eigenvalue weighted by atomic mass is 10.00. The van der Waals surface area contributed by atoms with Crippen LogP contribution in [0.1, 0.15) is 32.3 Å². The van der Waals surface area contributed by atoms with Gasteiger partial charge in [-0.05, 0) is 50.3 Å². The summed E-state index contributed by atoms with van der Waals surface area (Å²) in [6.07, 6.45) is 3.57. The Morgan fingerprint density at radius 3 is 3.00 bits per heavy atom. The van der Waals surface area contributed by atoms with Crippen molar-refractivity contribution in [1.29, 1.82) is 0 Å². The largest absolute Gasteiger partial charge is 0.334 e. The molecule has 2 heterocycles. The number of nitrogens with one attached hydrogen (secondary N) is 1. The molecule has 4 heteroatoms. The number of nitrogens with zero attached hydrogens (tertiary/aromatic N) is 2. The zero-order valence-corrected chi connectivity index (χ0v) is 13.7. The highest BCUT2D eigenvalue weighted by Crippen LogP contribution is 2.27. The van der Waals surface area contributed by atoms with Crippen molar-refractivity contribution >= 4 is 11.7 Å². The Morgan fingerprint density at radius 2 is 2.18 bits per heavy atom. The summed E-state index contributed by atoms with van der Waals surface area (Å²) in [5.74, 6) is 0.780. The van der Waals surface area contributed by atoms with E-state index in [2.05, 4.69) is 30.1 Å².